The van der Waals surface area contributed by atoms with E-state index in [9.17, 15) is 9.59 Å². The molecule has 1 rings (SSSR count). The lowest BCUT2D eigenvalue weighted by Crippen LogP contribution is -2.17. The van der Waals surface area contributed by atoms with E-state index >= 15 is 0 Å². The molecule has 0 saturated carbocycles. The third-order valence-electron chi connectivity index (χ3n) is 1.38. The van der Waals surface area contributed by atoms with Crippen LogP contribution in [0, 0.1) is 11.3 Å². The van der Waals surface area contributed by atoms with E-state index in [0.29, 0.717) is 0 Å². The number of nitriles is 1. The van der Waals surface area contributed by atoms with Gasteiger partial charge in [-0.3, -0.25) is 9.59 Å². The maximum atomic E-state index is 10.9. The predicted octanol–water partition coefficient (Wildman–Crippen LogP) is -0.639. The minimum Gasteiger partial charge on any atom is -0.364 e. The van der Waals surface area contributed by atoms with E-state index in [2.05, 4.69) is 15.3 Å². The van der Waals surface area contributed by atoms with Crippen molar-refractivity contribution in [3.63, 3.8) is 0 Å². The Morgan fingerprint density at radius 2 is 2.43 bits per heavy atom. The first kappa shape index (κ1) is 9.73. The van der Waals surface area contributed by atoms with E-state index in [1.165, 1.54) is 6.33 Å². The standard InChI is InChI=1S/C7H7N5O2/c8-2-1-4(13)12-7-5(6(9)14)10-3-11-7/h3H,1H2,(H2,9,14)(H,10,11)(H,12,13). The van der Waals surface area contributed by atoms with Gasteiger partial charge in [-0.05, 0) is 0 Å². The van der Waals surface area contributed by atoms with E-state index in [1.807, 2.05) is 0 Å². The normalized spacial score (nSPS) is 9.07. The molecule has 1 aromatic rings. The van der Waals surface area contributed by atoms with Crippen molar-refractivity contribution in [2.75, 3.05) is 5.32 Å². The summed E-state index contributed by atoms with van der Waals surface area (Å²) in [6, 6.07) is 1.66. The zero-order chi connectivity index (χ0) is 10.6. The number of nitrogens with two attached hydrogens (primary N) is 1. The highest BCUT2D eigenvalue weighted by Crippen LogP contribution is 2.08. The number of amides is 2. The molecule has 2 amide bonds. The Balaban J connectivity index is 2.77. The third-order valence-corrected chi connectivity index (χ3v) is 1.38. The van der Waals surface area contributed by atoms with Gasteiger partial charge in [0.05, 0.1) is 12.4 Å². The van der Waals surface area contributed by atoms with Gasteiger partial charge in [0, 0.05) is 0 Å². The quantitative estimate of drug-likeness (QED) is 0.590. The van der Waals surface area contributed by atoms with Crippen LogP contribution in [0.1, 0.15) is 16.9 Å². The first-order chi connectivity index (χ1) is 6.65. The Morgan fingerprint density at radius 3 is 3.00 bits per heavy atom. The molecule has 0 radical (unpaired) electrons. The van der Waals surface area contributed by atoms with E-state index in [0.717, 1.165) is 0 Å². The molecule has 1 heterocycles. The van der Waals surface area contributed by atoms with Gasteiger partial charge in [0.25, 0.3) is 5.91 Å². The number of hydrogen-bond acceptors (Lipinski definition) is 4. The monoisotopic (exact) mass is 193 g/mol. The van der Waals surface area contributed by atoms with Crippen LogP contribution in [0.15, 0.2) is 6.33 Å². The topological polar surface area (TPSA) is 125 Å². The molecule has 0 aliphatic rings. The molecule has 7 nitrogen and oxygen atoms in total. The second-order valence-corrected chi connectivity index (χ2v) is 2.37. The molecule has 1 aromatic heterocycles. The molecule has 0 aliphatic heterocycles. The van der Waals surface area contributed by atoms with Gasteiger partial charge in [0.2, 0.25) is 5.91 Å². The molecular weight excluding hydrogens is 186 g/mol. The summed E-state index contributed by atoms with van der Waals surface area (Å²) in [6.07, 6.45) is 0.924. The molecule has 72 valence electrons. The number of aromatic amines is 1. The van der Waals surface area contributed by atoms with Crippen LogP contribution < -0.4 is 11.1 Å². The predicted molar refractivity (Wildman–Crippen MR) is 46.0 cm³/mol. The summed E-state index contributed by atoms with van der Waals surface area (Å²) in [4.78, 5) is 27.8. The molecule has 0 saturated heterocycles. The summed E-state index contributed by atoms with van der Waals surface area (Å²) in [5.41, 5.74) is 4.99. The van der Waals surface area contributed by atoms with Crippen LogP contribution in [0.25, 0.3) is 0 Å². The van der Waals surface area contributed by atoms with Crippen LogP contribution in [-0.4, -0.2) is 21.8 Å². The van der Waals surface area contributed by atoms with Crippen LogP contribution in [-0.2, 0) is 4.79 Å². The molecule has 7 heteroatoms. The van der Waals surface area contributed by atoms with Gasteiger partial charge >= 0.3 is 0 Å². The summed E-state index contributed by atoms with van der Waals surface area (Å²) in [5.74, 6) is -1.23. The summed E-state index contributed by atoms with van der Waals surface area (Å²) >= 11 is 0. The number of anilines is 1. The average Bonchev–Trinajstić information content (AvgIpc) is 2.52. The minimum atomic E-state index is -0.727. The number of hydrogen-bond donors (Lipinski definition) is 3. The molecule has 0 unspecified atom stereocenters. The van der Waals surface area contributed by atoms with Crippen molar-refractivity contribution in [1.29, 1.82) is 5.26 Å². The van der Waals surface area contributed by atoms with E-state index in [-0.39, 0.29) is 17.9 Å². The van der Waals surface area contributed by atoms with Crippen molar-refractivity contribution in [3.05, 3.63) is 12.0 Å². The largest absolute Gasteiger partial charge is 0.364 e. The summed E-state index contributed by atoms with van der Waals surface area (Å²) in [5, 5.41) is 10.5. The summed E-state index contributed by atoms with van der Waals surface area (Å²) in [6.45, 7) is 0. The Morgan fingerprint density at radius 1 is 1.71 bits per heavy atom. The van der Waals surface area contributed by atoms with Crippen molar-refractivity contribution < 1.29 is 9.59 Å². The van der Waals surface area contributed by atoms with Gasteiger partial charge in [-0.25, -0.2) is 4.98 Å². The van der Waals surface area contributed by atoms with E-state index in [1.54, 1.807) is 6.07 Å². The minimum absolute atomic E-state index is 0.0105. The van der Waals surface area contributed by atoms with Crippen molar-refractivity contribution in [3.8, 4) is 6.07 Å². The Kier molecular flexibility index (Phi) is 2.81. The second kappa shape index (κ2) is 4.04. The molecule has 0 spiro atoms. The Hall–Kier alpha value is -2.36. The number of aromatic nitrogens is 2. The Bertz CT molecular complexity index is 402. The smallest absolute Gasteiger partial charge is 0.269 e. The van der Waals surface area contributed by atoms with Crippen LogP contribution in [0.3, 0.4) is 0 Å². The molecule has 0 fully saturated rings. The molecular formula is C7H7N5O2. The van der Waals surface area contributed by atoms with Gasteiger partial charge < -0.3 is 16.0 Å². The van der Waals surface area contributed by atoms with Crippen molar-refractivity contribution in [1.82, 2.24) is 9.97 Å². The maximum Gasteiger partial charge on any atom is 0.269 e. The highest BCUT2D eigenvalue weighted by atomic mass is 16.2. The molecule has 4 N–H and O–H groups in total. The average molecular weight is 193 g/mol. The zero-order valence-electron chi connectivity index (χ0n) is 7.07. The van der Waals surface area contributed by atoms with Crippen molar-refractivity contribution in [2.24, 2.45) is 5.73 Å². The second-order valence-electron chi connectivity index (χ2n) is 2.37. The fourth-order valence-electron chi connectivity index (χ4n) is 0.825. The van der Waals surface area contributed by atoms with Crippen molar-refractivity contribution in [2.45, 2.75) is 6.42 Å². The highest BCUT2D eigenvalue weighted by molar-refractivity contribution is 6.00. The molecule has 14 heavy (non-hydrogen) atoms. The molecule has 0 bridgehead atoms. The van der Waals surface area contributed by atoms with Crippen LogP contribution in [0.5, 0.6) is 0 Å². The first-order valence-corrected chi connectivity index (χ1v) is 3.65. The number of carbonyl (C=O) groups excluding carboxylic acids is 2. The molecule has 0 aromatic carbocycles. The van der Waals surface area contributed by atoms with E-state index < -0.39 is 11.8 Å². The van der Waals surface area contributed by atoms with E-state index in [4.69, 9.17) is 11.0 Å². The van der Waals surface area contributed by atoms with Gasteiger partial charge in [-0.15, -0.1) is 0 Å². The zero-order valence-corrected chi connectivity index (χ0v) is 7.07. The lowest BCUT2D eigenvalue weighted by atomic mass is 10.4. The molecule has 0 aliphatic carbocycles. The van der Waals surface area contributed by atoms with Crippen LogP contribution in [0.2, 0.25) is 0 Å². The lowest BCUT2D eigenvalue weighted by Gasteiger charge is -1.99. The SMILES string of the molecule is N#CCC(=O)Nc1nc[nH]c1C(N)=O. The number of rotatable bonds is 3. The molecule has 0 atom stereocenters. The first-order valence-electron chi connectivity index (χ1n) is 3.65. The third kappa shape index (κ3) is 2.07. The number of primary amides is 1. The van der Waals surface area contributed by atoms with Crippen molar-refractivity contribution >= 4 is 17.6 Å². The number of carbonyl (C=O) groups is 2. The number of H-pyrrole nitrogens is 1. The number of imidazole rings is 1. The summed E-state index contributed by atoms with van der Waals surface area (Å²) in [7, 11) is 0. The lowest BCUT2D eigenvalue weighted by molar-refractivity contribution is -0.115. The fourth-order valence-corrected chi connectivity index (χ4v) is 0.825. The number of nitrogens with one attached hydrogen (secondary N) is 2. The van der Waals surface area contributed by atoms with Gasteiger partial charge in [0.1, 0.15) is 12.1 Å². The highest BCUT2D eigenvalue weighted by Gasteiger charge is 2.12. The van der Waals surface area contributed by atoms with Gasteiger partial charge in [-0.2, -0.15) is 5.26 Å². The van der Waals surface area contributed by atoms with Gasteiger partial charge in [0.15, 0.2) is 5.82 Å². The maximum absolute atomic E-state index is 10.9. The van der Waals surface area contributed by atoms with Gasteiger partial charge in [-0.1, -0.05) is 0 Å². The number of nitrogens with zero attached hydrogens (tertiary/aromatic N) is 2. The summed E-state index contributed by atoms with van der Waals surface area (Å²) < 4.78 is 0. The Labute approximate surface area is 78.9 Å². The fraction of sp³-hybridized carbons (Fsp3) is 0.143. The van der Waals surface area contributed by atoms with Crippen LogP contribution >= 0.6 is 0 Å². The van der Waals surface area contributed by atoms with Crippen LogP contribution in [0.4, 0.5) is 5.82 Å².